The Morgan fingerprint density at radius 2 is 2.08 bits per heavy atom. The van der Waals surface area contributed by atoms with E-state index in [0.717, 1.165) is 25.0 Å². The second-order valence-electron chi connectivity index (χ2n) is 5.98. The Balaban J connectivity index is 1.41. The normalized spacial score (nSPS) is 16.3. The van der Waals surface area contributed by atoms with Crippen LogP contribution in [0.4, 0.5) is 5.13 Å². The number of rotatable bonds is 7. The van der Waals surface area contributed by atoms with Gasteiger partial charge in [-0.15, -0.1) is 11.3 Å². The molecule has 0 unspecified atom stereocenters. The molecule has 0 bridgehead atoms. The monoisotopic (exact) mass is 392 g/mol. The molecule has 0 spiro atoms. The van der Waals surface area contributed by atoms with Crippen molar-refractivity contribution in [3.63, 3.8) is 0 Å². The maximum absolute atomic E-state index is 12.0. The molecule has 2 N–H and O–H groups in total. The number of anilines is 1. The number of hydrogen-bond donors (Lipinski definition) is 2. The first-order valence-electron chi connectivity index (χ1n) is 8.34. The van der Waals surface area contributed by atoms with Crippen LogP contribution in [0.5, 0.6) is 0 Å². The highest BCUT2D eigenvalue weighted by molar-refractivity contribution is 7.90. The minimum absolute atomic E-state index is 0.0388. The fourth-order valence-corrected chi connectivity index (χ4v) is 4.56. The van der Waals surface area contributed by atoms with E-state index < -0.39 is 10.0 Å². The first kappa shape index (κ1) is 18.5. The second-order valence-corrected chi connectivity index (χ2v) is 8.49. The van der Waals surface area contributed by atoms with Crippen LogP contribution in [-0.4, -0.2) is 31.7 Å². The maximum Gasteiger partial charge on any atom is 0.263 e. The molecule has 0 aliphatic carbocycles. The topological polar surface area (TPSA) is 101 Å². The summed E-state index contributed by atoms with van der Waals surface area (Å²) in [6, 6.07) is 6.80. The zero-order valence-corrected chi connectivity index (χ0v) is 16.0. The molecule has 1 aliphatic rings. The van der Waals surface area contributed by atoms with Crippen LogP contribution in [0, 0.1) is 6.92 Å². The lowest BCUT2D eigenvalue weighted by molar-refractivity contribution is -0.116. The Morgan fingerprint density at radius 1 is 1.27 bits per heavy atom. The summed E-state index contributed by atoms with van der Waals surface area (Å²) < 4.78 is 26.5. The molecule has 0 fully saturated rings. The highest BCUT2D eigenvalue weighted by Crippen LogP contribution is 2.22. The molecule has 138 valence electrons. The average Bonchev–Trinajstić information content (AvgIpc) is 3.12. The third-order valence-corrected chi connectivity index (χ3v) is 6.13. The Hall–Kier alpha value is -2.26. The summed E-state index contributed by atoms with van der Waals surface area (Å²) in [5.74, 6) is 0.362. The third kappa shape index (κ3) is 4.47. The Bertz CT molecular complexity index is 935. The standard InChI is InChI=1S/C17H20N4O3S2/c1-12-11-25-17(19-12)20-15(22)9-3-2-6-10-18-16-13-7-4-5-8-14(13)26(23,24)21-16/h4-5,7-8,11H,2-3,6,9-10H2,1H3,(H,18,21)(H,19,20,22). The summed E-state index contributed by atoms with van der Waals surface area (Å²) in [5, 5.41) is 5.31. The van der Waals surface area contributed by atoms with Crippen LogP contribution in [0.2, 0.25) is 0 Å². The third-order valence-electron chi connectivity index (χ3n) is 3.86. The van der Waals surface area contributed by atoms with Crippen molar-refractivity contribution in [1.29, 1.82) is 0 Å². The van der Waals surface area contributed by atoms with Crippen molar-refractivity contribution in [3.05, 3.63) is 40.9 Å². The first-order valence-corrected chi connectivity index (χ1v) is 10.7. The molecule has 0 saturated heterocycles. The van der Waals surface area contributed by atoms with Gasteiger partial charge >= 0.3 is 0 Å². The van der Waals surface area contributed by atoms with Crippen molar-refractivity contribution in [2.75, 3.05) is 11.9 Å². The first-order chi connectivity index (χ1) is 12.5. The van der Waals surface area contributed by atoms with E-state index in [2.05, 4.69) is 20.0 Å². The number of aromatic nitrogens is 1. The number of amidine groups is 1. The number of nitrogens with zero attached hydrogens (tertiary/aromatic N) is 2. The van der Waals surface area contributed by atoms with Crippen LogP contribution in [-0.2, 0) is 14.8 Å². The number of nitrogens with one attached hydrogen (secondary N) is 2. The van der Waals surface area contributed by atoms with Crippen molar-refractivity contribution >= 4 is 38.2 Å². The summed E-state index contributed by atoms with van der Waals surface area (Å²) in [6.45, 7) is 2.40. The van der Waals surface area contributed by atoms with Gasteiger partial charge < -0.3 is 5.32 Å². The molecule has 2 aromatic rings. The minimum atomic E-state index is -3.48. The number of amides is 1. The fourth-order valence-electron chi connectivity index (χ4n) is 2.61. The van der Waals surface area contributed by atoms with Gasteiger partial charge in [0.2, 0.25) is 5.91 Å². The van der Waals surface area contributed by atoms with Crippen LogP contribution in [0.25, 0.3) is 0 Å². The van der Waals surface area contributed by atoms with Crippen molar-refractivity contribution in [1.82, 2.24) is 9.71 Å². The van der Waals surface area contributed by atoms with Crippen LogP contribution in [0.15, 0.2) is 39.5 Å². The van der Waals surface area contributed by atoms with E-state index in [9.17, 15) is 13.2 Å². The molecule has 9 heteroatoms. The predicted octanol–water partition coefficient (Wildman–Crippen LogP) is 2.69. The summed E-state index contributed by atoms with van der Waals surface area (Å²) in [4.78, 5) is 20.7. The predicted molar refractivity (Wildman–Crippen MR) is 102 cm³/mol. The van der Waals surface area contributed by atoms with E-state index in [0.29, 0.717) is 29.5 Å². The van der Waals surface area contributed by atoms with E-state index in [1.54, 1.807) is 24.3 Å². The highest BCUT2D eigenvalue weighted by atomic mass is 32.2. The van der Waals surface area contributed by atoms with Gasteiger partial charge in [0.1, 0.15) is 5.84 Å². The summed E-state index contributed by atoms with van der Waals surface area (Å²) in [5.41, 5.74) is 1.51. The van der Waals surface area contributed by atoms with Gasteiger partial charge in [0.05, 0.1) is 10.6 Å². The van der Waals surface area contributed by atoms with Gasteiger partial charge in [0.15, 0.2) is 5.13 Å². The molecule has 7 nitrogen and oxygen atoms in total. The zero-order valence-electron chi connectivity index (χ0n) is 14.4. The van der Waals surface area contributed by atoms with Gasteiger partial charge in [-0.25, -0.2) is 13.4 Å². The van der Waals surface area contributed by atoms with E-state index in [1.807, 2.05) is 12.3 Å². The van der Waals surface area contributed by atoms with Crippen LogP contribution in [0.3, 0.4) is 0 Å². The number of unbranched alkanes of at least 4 members (excludes halogenated alkanes) is 2. The molecule has 1 amide bonds. The molecule has 1 aromatic carbocycles. The van der Waals surface area contributed by atoms with E-state index in [4.69, 9.17) is 0 Å². The number of carbonyl (C=O) groups excluding carboxylic acids is 1. The van der Waals surface area contributed by atoms with Crippen molar-refractivity contribution < 1.29 is 13.2 Å². The number of hydrogen-bond acceptors (Lipinski definition) is 6. The maximum atomic E-state index is 12.0. The molecule has 0 radical (unpaired) electrons. The van der Waals surface area contributed by atoms with Crippen LogP contribution in [0.1, 0.15) is 36.9 Å². The molecular weight excluding hydrogens is 372 g/mol. The Labute approximate surface area is 156 Å². The fraction of sp³-hybridized carbons (Fsp3) is 0.353. The lowest BCUT2D eigenvalue weighted by atomic mass is 10.2. The van der Waals surface area contributed by atoms with Crippen LogP contribution >= 0.6 is 11.3 Å². The lowest BCUT2D eigenvalue weighted by Gasteiger charge is -2.02. The second kappa shape index (κ2) is 7.96. The molecule has 0 saturated carbocycles. The molecule has 1 aromatic heterocycles. The Kier molecular flexibility index (Phi) is 5.67. The zero-order chi connectivity index (χ0) is 18.6. The SMILES string of the molecule is Cc1csc(NC(=O)CCCCCN=C2NS(=O)(=O)c3ccccc32)n1. The van der Waals surface area contributed by atoms with E-state index in [1.165, 1.54) is 11.3 Å². The van der Waals surface area contributed by atoms with Crippen LogP contribution < -0.4 is 10.0 Å². The van der Waals surface area contributed by atoms with Gasteiger partial charge in [-0.2, -0.15) is 0 Å². The van der Waals surface area contributed by atoms with Gasteiger partial charge in [0, 0.05) is 23.9 Å². The largest absolute Gasteiger partial charge is 0.302 e. The number of carbonyl (C=O) groups is 1. The average molecular weight is 393 g/mol. The number of sulfonamides is 1. The summed E-state index contributed by atoms with van der Waals surface area (Å²) >= 11 is 1.42. The number of aliphatic imine (C=N–C) groups is 1. The Morgan fingerprint density at radius 3 is 2.85 bits per heavy atom. The smallest absolute Gasteiger partial charge is 0.263 e. The minimum Gasteiger partial charge on any atom is -0.302 e. The summed E-state index contributed by atoms with van der Waals surface area (Å²) in [6.07, 6.45) is 2.82. The van der Waals surface area contributed by atoms with Crippen molar-refractivity contribution in [3.8, 4) is 0 Å². The molecule has 3 rings (SSSR count). The number of aryl methyl sites for hydroxylation is 1. The van der Waals surface area contributed by atoms with E-state index in [-0.39, 0.29) is 10.8 Å². The summed E-state index contributed by atoms with van der Waals surface area (Å²) in [7, 11) is -3.48. The van der Waals surface area contributed by atoms with Gasteiger partial charge in [-0.1, -0.05) is 18.6 Å². The lowest BCUT2D eigenvalue weighted by Crippen LogP contribution is -2.22. The molecular formula is C17H20N4O3S2. The van der Waals surface area contributed by atoms with Gasteiger partial charge in [-0.3, -0.25) is 14.5 Å². The number of fused-ring (bicyclic) bond motifs is 1. The molecule has 26 heavy (non-hydrogen) atoms. The number of benzene rings is 1. The molecule has 2 heterocycles. The quantitative estimate of drug-likeness (QED) is 0.708. The van der Waals surface area contributed by atoms with Gasteiger partial charge in [0.25, 0.3) is 10.0 Å². The van der Waals surface area contributed by atoms with Crippen molar-refractivity contribution in [2.24, 2.45) is 4.99 Å². The van der Waals surface area contributed by atoms with Gasteiger partial charge in [-0.05, 0) is 31.9 Å². The number of thiazole rings is 1. The molecule has 0 atom stereocenters. The molecule has 1 aliphatic heterocycles. The highest BCUT2D eigenvalue weighted by Gasteiger charge is 2.29. The van der Waals surface area contributed by atoms with Crippen molar-refractivity contribution in [2.45, 2.75) is 37.5 Å². The van der Waals surface area contributed by atoms with E-state index >= 15 is 0 Å².